The fraction of sp³-hybridized carbons (Fsp3) is 0.600. The van der Waals surface area contributed by atoms with E-state index in [0.717, 1.165) is 13.0 Å². The molecule has 1 atom stereocenters. The zero-order chi connectivity index (χ0) is 11.1. The van der Waals surface area contributed by atoms with Gasteiger partial charge in [0, 0.05) is 5.75 Å². The van der Waals surface area contributed by atoms with E-state index < -0.39 is 5.54 Å². The van der Waals surface area contributed by atoms with E-state index in [0.29, 0.717) is 11.0 Å². The number of nitrogens with one attached hydrogen (secondary N) is 1. The molecule has 1 aromatic heterocycles. The highest BCUT2D eigenvalue weighted by Crippen LogP contribution is 2.20. The molecule has 0 saturated carbocycles. The van der Waals surface area contributed by atoms with Crippen molar-refractivity contribution in [1.29, 1.82) is 5.26 Å². The first kappa shape index (κ1) is 12.1. The Bertz CT molecular complexity index is 320. The Hall–Kier alpha value is -0.990. The van der Waals surface area contributed by atoms with Crippen LogP contribution >= 0.6 is 11.8 Å². The first-order valence-electron chi connectivity index (χ1n) is 4.89. The van der Waals surface area contributed by atoms with Crippen molar-refractivity contribution in [2.24, 2.45) is 0 Å². The molecule has 0 bridgehead atoms. The smallest absolute Gasteiger partial charge is 0.255 e. The van der Waals surface area contributed by atoms with E-state index in [2.05, 4.69) is 23.3 Å². The highest BCUT2D eigenvalue weighted by molar-refractivity contribution is 7.99. The molecular formula is C10H15N3OS. The molecule has 82 valence electrons. The van der Waals surface area contributed by atoms with Gasteiger partial charge in [-0.1, -0.05) is 18.7 Å². The SMILES string of the molecule is CCCNC(C)(C#N)CSc1ncco1. The summed E-state index contributed by atoms with van der Waals surface area (Å²) in [5.41, 5.74) is -0.519. The molecule has 0 fully saturated rings. The van der Waals surface area contributed by atoms with Crippen LogP contribution in [0.3, 0.4) is 0 Å². The molecule has 1 heterocycles. The molecule has 0 aliphatic rings. The number of nitriles is 1. The molecule has 4 nitrogen and oxygen atoms in total. The van der Waals surface area contributed by atoms with Gasteiger partial charge in [0.05, 0.1) is 12.3 Å². The van der Waals surface area contributed by atoms with Crippen LogP contribution in [0.1, 0.15) is 20.3 Å². The van der Waals surface area contributed by atoms with Crippen LogP contribution in [0.15, 0.2) is 22.1 Å². The van der Waals surface area contributed by atoms with Gasteiger partial charge in [0.2, 0.25) is 0 Å². The number of thioether (sulfide) groups is 1. The molecule has 0 aliphatic heterocycles. The fourth-order valence-electron chi connectivity index (χ4n) is 1.01. The van der Waals surface area contributed by atoms with Gasteiger partial charge in [-0.2, -0.15) is 5.26 Å². The average Bonchev–Trinajstić information content (AvgIpc) is 2.76. The van der Waals surface area contributed by atoms with Gasteiger partial charge in [0.1, 0.15) is 11.8 Å². The second-order valence-electron chi connectivity index (χ2n) is 3.46. The highest BCUT2D eigenvalue weighted by atomic mass is 32.2. The zero-order valence-electron chi connectivity index (χ0n) is 8.99. The summed E-state index contributed by atoms with van der Waals surface area (Å²) in [5, 5.41) is 12.9. The van der Waals surface area contributed by atoms with Crippen LogP contribution in [0, 0.1) is 11.3 Å². The summed E-state index contributed by atoms with van der Waals surface area (Å²) in [6.45, 7) is 4.81. The van der Waals surface area contributed by atoms with Crippen molar-refractivity contribution in [2.75, 3.05) is 12.3 Å². The van der Waals surface area contributed by atoms with E-state index >= 15 is 0 Å². The Kier molecular flexibility index (Phi) is 4.66. The normalized spacial score (nSPS) is 14.5. The molecule has 0 saturated heterocycles. The minimum Gasteiger partial charge on any atom is -0.440 e. The van der Waals surface area contributed by atoms with Crippen LogP contribution in [0.2, 0.25) is 0 Å². The highest BCUT2D eigenvalue weighted by Gasteiger charge is 2.23. The molecular weight excluding hydrogens is 210 g/mol. The fourth-order valence-corrected chi connectivity index (χ4v) is 1.85. The predicted molar refractivity (Wildman–Crippen MR) is 59.5 cm³/mol. The number of rotatable bonds is 6. The molecule has 1 unspecified atom stereocenters. The lowest BCUT2D eigenvalue weighted by atomic mass is 10.1. The molecule has 1 N–H and O–H groups in total. The predicted octanol–water partition coefficient (Wildman–Crippen LogP) is 2.05. The number of oxazole rings is 1. The number of nitrogens with zero attached hydrogens (tertiary/aromatic N) is 2. The lowest BCUT2D eigenvalue weighted by Gasteiger charge is -2.21. The maximum atomic E-state index is 9.06. The number of aromatic nitrogens is 1. The molecule has 0 amide bonds. The van der Waals surface area contributed by atoms with Gasteiger partial charge in [-0.15, -0.1) is 0 Å². The van der Waals surface area contributed by atoms with Gasteiger partial charge in [-0.25, -0.2) is 4.98 Å². The summed E-state index contributed by atoms with van der Waals surface area (Å²) >= 11 is 1.45. The van der Waals surface area contributed by atoms with E-state index in [1.807, 2.05) is 6.92 Å². The van der Waals surface area contributed by atoms with Crippen molar-refractivity contribution < 1.29 is 4.42 Å². The topological polar surface area (TPSA) is 61.9 Å². The van der Waals surface area contributed by atoms with Gasteiger partial charge < -0.3 is 4.42 Å². The van der Waals surface area contributed by atoms with Crippen LogP contribution in [0.5, 0.6) is 0 Å². The van der Waals surface area contributed by atoms with Gasteiger partial charge in [-0.05, 0) is 19.9 Å². The van der Waals surface area contributed by atoms with Crippen molar-refractivity contribution in [3.05, 3.63) is 12.5 Å². The third-order valence-corrected chi connectivity index (χ3v) is 3.08. The van der Waals surface area contributed by atoms with Crippen molar-refractivity contribution in [1.82, 2.24) is 10.3 Å². The zero-order valence-corrected chi connectivity index (χ0v) is 9.80. The molecule has 0 aromatic carbocycles. The van der Waals surface area contributed by atoms with E-state index in [1.165, 1.54) is 18.0 Å². The Morgan fingerprint density at radius 2 is 2.53 bits per heavy atom. The van der Waals surface area contributed by atoms with Crippen LogP contribution in [-0.2, 0) is 0 Å². The summed E-state index contributed by atoms with van der Waals surface area (Å²) < 4.78 is 5.09. The van der Waals surface area contributed by atoms with Gasteiger partial charge in [-0.3, -0.25) is 5.32 Å². The third kappa shape index (κ3) is 3.94. The molecule has 5 heteroatoms. The average molecular weight is 225 g/mol. The largest absolute Gasteiger partial charge is 0.440 e. The Balaban J connectivity index is 2.43. The monoisotopic (exact) mass is 225 g/mol. The van der Waals surface area contributed by atoms with Gasteiger partial charge >= 0.3 is 0 Å². The summed E-state index contributed by atoms with van der Waals surface area (Å²) in [6, 6.07) is 2.27. The second kappa shape index (κ2) is 5.79. The Labute approximate surface area is 94.1 Å². The second-order valence-corrected chi connectivity index (χ2v) is 4.38. The van der Waals surface area contributed by atoms with Gasteiger partial charge in [0.25, 0.3) is 5.22 Å². The molecule has 0 radical (unpaired) electrons. The summed E-state index contributed by atoms with van der Waals surface area (Å²) in [7, 11) is 0. The lowest BCUT2D eigenvalue weighted by molar-refractivity contribution is 0.449. The minimum absolute atomic E-state index is 0.519. The minimum atomic E-state index is -0.519. The van der Waals surface area contributed by atoms with Crippen LogP contribution < -0.4 is 5.32 Å². The van der Waals surface area contributed by atoms with Crippen LogP contribution in [-0.4, -0.2) is 22.8 Å². The third-order valence-electron chi connectivity index (χ3n) is 1.91. The molecule has 1 rings (SSSR count). The Morgan fingerprint density at radius 3 is 3.07 bits per heavy atom. The molecule has 1 aromatic rings. The maximum absolute atomic E-state index is 9.06. The van der Waals surface area contributed by atoms with E-state index in [4.69, 9.17) is 9.68 Å². The van der Waals surface area contributed by atoms with Crippen molar-refractivity contribution in [3.63, 3.8) is 0 Å². The van der Waals surface area contributed by atoms with Crippen molar-refractivity contribution >= 4 is 11.8 Å². The maximum Gasteiger partial charge on any atom is 0.255 e. The first-order chi connectivity index (χ1) is 7.20. The molecule has 0 aliphatic carbocycles. The van der Waals surface area contributed by atoms with Gasteiger partial charge in [0.15, 0.2) is 0 Å². The number of hydrogen-bond donors (Lipinski definition) is 1. The summed E-state index contributed by atoms with van der Waals surface area (Å²) in [5.74, 6) is 0.629. The van der Waals surface area contributed by atoms with Crippen molar-refractivity contribution in [2.45, 2.75) is 31.0 Å². The van der Waals surface area contributed by atoms with Crippen LogP contribution in [0.4, 0.5) is 0 Å². The van der Waals surface area contributed by atoms with Crippen molar-refractivity contribution in [3.8, 4) is 6.07 Å². The van der Waals surface area contributed by atoms with E-state index in [9.17, 15) is 0 Å². The Morgan fingerprint density at radius 1 is 1.73 bits per heavy atom. The number of hydrogen-bond acceptors (Lipinski definition) is 5. The van der Waals surface area contributed by atoms with Crippen LogP contribution in [0.25, 0.3) is 0 Å². The molecule has 15 heavy (non-hydrogen) atoms. The first-order valence-corrected chi connectivity index (χ1v) is 5.87. The summed E-state index contributed by atoms with van der Waals surface area (Å²) in [6.07, 6.45) is 4.15. The van der Waals surface area contributed by atoms with E-state index in [-0.39, 0.29) is 0 Å². The standard InChI is InChI=1S/C10H15N3OS/c1-3-4-13-10(2,7-11)8-15-9-12-5-6-14-9/h5-6,13H,3-4,8H2,1-2H3. The quantitative estimate of drug-likeness (QED) is 0.751. The summed E-state index contributed by atoms with van der Waals surface area (Å²) in [4.78, 5) is 3.99. The lowest BCUT2D eigenvalue weighted by Crippen LogP contribution is -2.43. The molecule has 0 spiro atoms. The van der Waals surface area contributed by atoms with E-state index in [1.54, 1.807) is 6.20 Å².